The Bertz CT molecular complexity index is 806. The molecule has 1 aromatic carbocycles. The molecule has 0 aliphatic heterocycles. The van der Waals surface area contributed by atoms with Crippen molar-refractivity contribution in [1.29, 1.82) is 0 Å². The van der Waals surface area contributed by atoms with Gasteiger partial charge in [0.1, 0.15) is 0 Å². The van der Waals surface area contributed by atoms with Gasteiger partial charge in [-0.2, -0.15) is 10.2 Å². The van der Waals surface area contributed by atoms with Gasteiger partial charge in [0.15, 0.2) is 17.2 Å². The number of methoxy groups -OCH3 is 3. The number of carbonyl (C=O) groups is 1. The molecule has 0 aliphatic carbocycles. The van der Waals surface area contributed by atoms with Crippen LogP contribution in [0.15, 0.2) is 23.3 Å². The molecule has 2 rings (SSSR count). The number of hydrogen-bond donors (Lipinski definition) is 2. The highest BCUT2D eigenvalue weighted by Gasteiger charge is 2.19. The Morgan fingerprint density at radius 1 is 1.15 bits per heavy atom. The van der Waals surface area contributed by atoms with Gasteiger partial charge in [-0.15, -0.1) is 0 Å². The summed E-state index contributed by atoms with van der Waals surface area (Å²) in [6.45, 7) is 6.09. The van der Waals surface area contributed by atoms with Crippen molar-refractivity contribution in [2.45, 2.75) is 26.2 Å². The quantitative estimate of drug-likeness (QED) is 0.609. The summed E-state index contributed by atoms with van der Waals surface area (Å²) in [5, 5.41) is 10.9. The van der Waals surface area contributed by atoms with E-state index in [1.807, 2.05) is 20.8 Å². The molecule has 0 atom stereocenters. The molecule has 2 aromatic rings. The van der Waals surface area contributed by atoms with E-state index in [2.05, 4.69) is 20.7 Å². The number of carbonyl (C=O) groups excluding carboxylic acids is 1. The highest BCUT2D eigenvalue weighted by Crippen LogP contribution is 2.38. The lowest BCUT2D eigenvalue weighted by molar-refractivity contribution is 0.0950. The molecule has 1 aromatic heterocycles. The van der Waals surface area contributed by atoms with Crippen molar-refractivity contribution < 1.29 is 19.0 Å². The van der Waals surface area contributed by atoms with Gasteiger partial charge >= 0.3 is 0 Å². The minimum atomic E-state index is -0.410. The second-order valence-electron chi connectivity index (χ2n) is 6.54. The van der Waals surface area contributed by atoms with E-state index in [1.54, 1.807) is 25.3 Å². The van der Waals surface area contributed by atoms with Gasteiger partial charge in [0, 0.05) is 16.7 Å². The van der Waals surface area contributed by atoms with Crippen LogP contribution in [-0.4, -0.2) is 43.6 Å². The van der Waals surface area contributed by atoms with Crippen LogP contribution in [0.2, 0.25) is 0 Å². The Balaban J connectivity index is 2.15. The maximum absolute atomic E-state index is 12.2. The lowest BCUT2D eigenvalue weighted by atomic mass is 9.92. The monoisotopic (exact) mass is 360 g/mol. The van der Waals surface area contributed by atoms with Gasteiger partial charge in [-0.1, -0.05) is 20.8 Å². The zero-order chi connectivity index (χ0) is 19.3. The van der Waals surface area contributed by atoms with E-state index in [9.17, 15) is 4.79 Å². The van der Waals surface area contributed by atoms with Gasteiger partial charge < -0.3 is 14.2 Å². The third kappa shape index (κ3) is 4.14. The molecule has 0 unspecified atom stereocenters. The molecule has 8 nitrogen and oxygen atoms in total. The minimum Gasteiger partial charge on any atom is -0.493 e. The number of hydrogen-bond acceptors (Lipinski definition) is 6. The van der Waals surface area contributed by atoms with E-state index in [1.165, 1.54) is 20.4 Å². The first-order valence-corrected chi connectivity index (χ1v) is 8.00. The van der Waals surface area contributed by atoms with Gasteiger partial charge in [0.25, 0.3) is 5.91 Å². The molecule has 2 N–H and O–H groups in total. The first kappa shape index (κ1) is 19.3. The van der Waals surface area contributed by atoms with E-state index in [0.29, 0.717) is 22.8 Å². The van der Waals surface area contributed by atoms with Crippen molar-refractivity contribution in [3.63, 3.8) is 0 Å². The Labute approximate surface area is 152 Å². The molecule has 1 amide bonds. The molecule has 0 saturated heterocycles. The number of H-pyrrole nitrogens is 1. The first-order chi connectivity index (χ1) is 12.3. The number of aromatic amines is 1. The Morgan fingerprint density at radius 3 is 2.38 bits per heavy atom. The summed E-state index contributed by atoms with van der Waals surface area (Å²) in [5.74, 6) is 1.04. The van der Waals surface area contributed by atoms with Gasteiger partial charge in [-0.05, 0) is 18.2 Å². The second-order valence-corrected chi connectivity index (χ2v) is 6.54. The lowest BCUT2D eigenvalue weighted by Crippen LogP contribution is -2.18. The standard InChI is InChI=1S/C18H24N4O4/c1-18(2,3)14-9-12(20-21-14)17(23)22-19-10-11-7-8-13(24-4)16(26-6)15(11)25-5/h7-10H,1-6H3,(H,20,21)(H,22,23). The normalized spacial score (nSPS) is 11.5. The topological polar surface area (TPSA) is 97.8 Å². The molecule has 0 aliphatic rings. The Kier molecular flexibility index (Phi) is 5.86. The van der Waals surface area contributed by atoms with E-state index >= 15 is 0 Å². The van der Waals surface area contributed by atoms with Gasteiger partial charge in [0.2, 0.25) is 5.75 Å². The van der Waals surface area contributed by atoms with Crippen molar-refractivity contribution in [3.05, 3.63) is 35.2 Å². The maximum atomic E-state index is 12.2. The summed E-state index contributed by atoms with van der Waals surface area (Å²) in [4.78, 5) is 12.2. The summed E-state index contributed by atoms with van der Waals surface area (Å²) in [6, 6.07) is 5.19. The average Bonchev–Trinajstić information content (AvgIpc) is 3.11. The lowest BCUT2D eigenvalue weighted by Gasteiger charge is -2.14. The highest BCUT2D eigenvalue weighted by atomic mass is 16.5. The number of aromatic nitrogens is 2. The summed E-state index contributed by atoms with van der Waals surface area (Å²) < 4.78 is 15.9. The summed E-state index contributed by atoms with van der Waals surface area (Å²) in [6.07, 6.45) is 1.47. The predicted molar refractivity (Wildman–Crippen MR) is 98.4 cm³/mol. The van der Waals surface area contributed by atoms with Crippen LogP contribution < -0.4 is 19.6 Å². The molecule has 8 heteroatoms. The molecule has 26 heavy (non-hydrogen) atoms. The average molecular weight is 360 g/mol. The largest absolute Gasteiger partial charge is 0.493 e. The first-order valence-electron chi connectivity index (χ1n) is 8.00. The maximum Gasteiger partial charge on any atom is 0.291 e. The van der Waals surface area contributed by atoms with Crippen molar-refractivity contribution in [2.24, 2.45) is 5.10 Å². The summed E-state index contributed by atoms with van der Waals surface area (Å²) in [7, 11) is 4.58. The van der Waals surface area contributed by atoms with E-state index in [0.717, 1.165) is 5.69 Å². The molecule has 140 valence electrons. The highest BCUT2D eigenvalue weighted by molar-refractivity contribution is 5.93. The van der Waals surface area contributed by atoms with Gasteiger partial charge in [-0.3, -0.25) is 9.89 Å². The molecule has 0 spiro atoms. The zero-order valence-corrected chi connectivity index (χ0v) is 15.8. The predicted octanol–water partition coefficient (Wildman–Crippen LogP) is 2.50. The number of hydrazone groups is 1. The fraction of sp³-hybridized carbons (Fsp3) is 0.389. The fourth-order valence-electron chi connectivity index (χ4n) is 2.27. The Hall–Kier alpha value is -3.03. The number of benzene rings is 1. The van der Waals surface area contributed by atoms with Crippen LogP contribution in [0, 0.1) is 0 Å². The van der Waals surface area contributed by atoms with Crippen molar-refractivity contribution in [3.8, 4) is 17.2 Å². The van der Waals surface area contributed by atoms with E-state index in [4.69, 9.17) is 14.2 Å². The zero-order valence-electron chi connectivity index (χ0n) is 15.8. The Morgan fingerprint density at radius 2 is 1.85 bits per heavy atom. The number of nitrogens with zero attached hydrogens (tertiary/aromatic N) is 2. The van der Waals surface area contributed by atoms with Crippen LogP contribution in [0.4, 0.5) is 0 Å². The molecule has 0 saturated carbocycles. The van der Waals surface area contributed by atoms with Crippen LogP contribution in [0.5, 0.6) is 17.2 Å². The number of amides is 1. The third-order valence-corrected chi connectivity index (χ3v) is 3.72. The number of ether oxygens (including phenoxy) is 3. The summed E-state index contributed by atoms with van der Waals surface area (Å²) in [5.41, 5.74) is 4.09. The minimum absolute atomic E-state index is 0.123. The fourth-order valence-corrected chi connectivity index (χ4v) is 2.27. The summed E-state index contributed by atoms with van der Waals surface area (Å²) >= 11 is 0. The van der Waals surface area contributed by atoms with Gasteiger partial charge in [0.05, 0.1) is 27.5 Å². The SMILES string of the molecule is COc1ccc(C=NNC(=O)c2cc(C(C)(C)C)[nH]n2)c(OC)c1OC. The molecular formula is C18H24N4O4. The smallest absolute Gasteiger partial charge is 0.291 e. The molecule has 0 bridgehead atoms. The van der Waals surface area contributed by atoms with Crippen molar-refractivity contribution in [1.82, 2.24) is 15.6 Å². The van der Waals surface area contributed by atoms with Crippen LogP contribution in [0.3, 0.4) is 0 Å². The van der Waals surface area contributed by atoms with Crippen LogP contribution in [-0.2, 0) is 5.41 Å². The molecule has 1 heterocycles. The molecule has 0 radical (unpaired) electrons. The van der Waals surface area contributed by atoms with Crippen LogP contribution in [0.1, 0.15) is 42.5 Å². The number of nitrogens with one attached hydrogen (secondary N) is 2. The molecular weight excluding hydrogens is 336 g/mol. The van der Waals surface area contributed by atoms with E-state index < -0.39 is 5.91 Å². The molecule has 0 fully saturated rings. The van der Waals surface area contributed by atoms with Crippen molar-refractivity contribution in [2.75, 3.05) is 21.3 Å². The van der Waals surface area contributed by atoms with E-state index in [-0.39, 0.29) is 11.1 Å². The third-order valence-electron chi connectivity index (χ3n) is 3.72. The van der Waals surface area contributed by atoms with Crippen molar-refractivity contribution >= 4 is 12.1 Å². The second kappa shape index (κ2) is 7.90. The van der Waals surface area contributed by atoms with Crippen LogP contribution in [0.25, 0.3) is 0 Å². The number of rotatable bonds is 6. The van der Waals surface area contributed by atoms with Gasteiger partial charge in [-0.25, -0.2) is 5.43 Å². The van der Waals surface area contributed by atoms with Crippen LogP contribution >= 0.6 is 0 Å².